The van der Waals surface area contributed by atoms with Crippen LogP contribution in [0, 0.1) is 25.7 Å². The van der Waals surface area contributed by atoms with Gasteiger partial charge in [-0.1, -0.05) is 26.7 Å². The Morgan fingerprint density at radius 3 is 2.70 bits per heavy atom. The van der Waals surface area contributed by atoms with Crippen molar-refractivity contribution in [1.29, 1.82) is 0 Å². The monoisotopic (exact) mass is 387 g/mol. The third kappa shape index (κ3) is 4.75. The van der Waals surface area contributed by atoms with E-state index in [1.807, 2.05) is 13.0 Å². The van der Waals surface area contributed by atoms with Crippen LogP contribution >= 0.6 is 11.8 Å². The first-order chi connectivity index (χ1) is 12.8. The summed E-state index contributed by atoms with van der Waals surface area (Å²) in [5.41, 5.74) is 3.49. The van der Waals surface area contributed by atoms with Crippen LogP contribution in [0.5, 0.6) is 0 Å². The second kappa shape index (κ2) is 8.51. The molecule has 0 radical (unpaired) electrons. The molecule has 4 nitrogen and oxygen atoms in total. The van der Waals surface area contributed by atoms with E-state index in [-0.39, 0.29) is 17.6 Å². The highest BCUT2D eigenvalue weighted by Crippen LogP contribution is 2.29. The van der Waals surface area contributed by atoms with E-state index in [0.717, 1.165) is 22.9 Å². The summed E-state index contributed by atoms with van der Waals surface area (Å²) in [6.45, 7) is 8.57. The van der Waals surface area contributed by atoms with Gasteiger partial charge in [0.2, 0.25) is 5.91 Å². The molecule has 0 bridgehead atoms. The first-order valence-electron chi connectivity index (χ1n) is 9.76. The summed E-state index contributed by atoms with van der Waals surface area (Å²) in [6.07, 6.45) is 3.52. The molecule has 3 atom stereocenters. The van der Waals surface area contributed by atoms with E-state index in [0.29, 0.717) is 28.9 Å². The maximum absolute atomic E-state index is 12.4. The van der Waals surface area contributed by atoms with Crippen LogP contribution in [0.4, 0.5) is 0 Å². The number of carbonyl (C=O) groups excluding carboxylic acids is 1. The molecule has 0 saturated heterocycles. The molecule has 1 aliphatic carbocycles. The summed E-state index contributed by atoms with van der Waals surface area (Å²) in [6, 6.07) is 5.82. The maximum Gasteiger partial charge on any atom is 0.336 e. The van der Waals surface area contributed by atoms with Crippen LogP contribution in [0.15, 0.2) is 27.4 Å². The Hall–Kier alpha value is -1.75. The predicted molar refractivity (Wildman–Crippen MR) is 112 cm³/mol. The van der Waals surface area contributed by atoms with Crippen molar-refractivity contribution < 1.29 is 9.21 Å². The number of aryl methyl sites for hydroxylation is 2. The summed E-state index contributed by atoms with van der Waals surface area (Å²) >= 11 is 1.55. The lowest BCUT2D eigenvalue weighted by Gasteiger charge is -2.34. The molecule has 1 fully saturated rings. The largest absolute Gasteiger partial charge is 0.423 e. The molecule has 1 N–H and O–H groups in total. The summed E-state index contributed by atoms with van der Waals surface area (Å²) in [5, 5.41) is 4.17. The molecule has 5 heteroatoms. The molecule has 0 aliphatic heterocycles. The Bertz CT molecular complexity index is 889. The fourth-order valence-corrected chi connectivity index (χ4v) is 4.72. The second-order valence-electron chi connectivity index (χ2n) is 7.96. The lowest BCUT2D eigenvalue weighted by Crippen LogP contribution is -2.44. The third-order valence-electron chi connectivity index (χ3n) is 5.99. The molecule has 1 aliphatic rings. The zero-order valence-corrected chi connectivity index (χ0v) is 17.4. The third-order valence-corrected chi connectivity index (χ3v) is 6.97. The van der Waals surface area contributed by atoms with Crippen LogP contribution in [0.25, 0.3) is 11.0 Å². The van der Waals surface area contributed by atoms with Crippen molar-refractivity contribution in [3.63, 3.8) is 0 Å². The average Bonchev–Trinajstić information content (AvgIpc) is 2.60. The molecular weight excluding hydrogens is 358 g/mol. The lowest BCUT2D eigenvalue weighted by molar-refractivity contribution is -0.119. The van der Waals surface area contributed by atoms with Crippen molar-refractivity contribution in [2.75, 3.05) is 5.75 Å². The van der Waals surface area contributed by atoms with Gasteiger partial charge in [-0.25, -0.2) is 4.79 Å². The Labute approximate surface area is 165 Å². The Morgan fingerprint density at radius 2 is 1.93 bits per heavy atom. The molecule has 1 aromatic heterocycles. The van der Waals surface area contributed by atoms with Crippen molar-refractivity contribution in [2.45, 2.75) is 58.8 Å². The zero-order chi connectivity index (χ0) is 19.6. The topological polar surface area (TPSA) is 59.3 Å². The minimum absolute atomic E-state index is 0.0882. The van der Waals surface area contributed by atoms with Crippen LogP contribution in [0.3, 0.4) is 0 Å². The SMILES string of the molecule is Cc1cc2oc(=O)cc(CSCC(=O)N[C@@H]3CCC[C@@H](C)[C@@H]3C)c2cc1C. The highest BCUT2D eigenvalue weighted by Gasteiger charge is 2.27. The van der Waals surface area contributed by atoms with Crippen LogP contribution < -0.4 is 10.9 Å². The molecule has 1 heterocycles. The van der Waals surface area contributed by atoms with Crippen LogP contribution in [-0.4, -0.2) is 17.7 Å². The summed E-state index contributed by atoms with van der Waals surface area (Å²) in [7, 11) is 0. The number of benzene rings is 1. The van der Waals surface area contributed by atoms with Gasteiger partial charge in [-0.15, -0.1) is 11.8 Å². The smallest absolute Gasteiger partial charge is 0.336 e. The number of thioether (sulfide) groups is 1. The first-order valence-corrected chi connectivity index (χ1v) is 10.9. The Kier molecular flexibility index (Phi) is 6.30. The van der Waals surface area contributed by atoms with Gasteiger partial charge in [0.25, 0.3) is 0 Å². The highest BCUT2D eigenvalue weighted by atomic mass is 32.2. The molecule has 3 rings (SSSR count). The van der Waals surface area contributed by atoms with Crippen LogP contribution in [-0.2, 0) is 10.5 Å². The molecule has 1 amide bonds. The van der Waals surface area contributed by atoms with Crippen molar-refractivity contribution in [3.8, 4) is 0 Å². The van der Waals surface area contributed by atoms with E-state index in [4.69, 9.17) is 4.42 Å². The fourth-order valence-electron chi connectivity index (χ4n) is 3.89. The molecule has 1 saturated carbocycles. The van der Waals surface area contributed by atoms with Gasteiger partial charge in [-0.3, -0.25) is 4.79 Å². The normalized spacial score (nSPS) is 22.7. The fraction of sp³-hybridized carbons (Fsp3) is 0.545. The van der Waals surface area contributed by atoms with Gasteiger partial charge in [0.1, 0.15) is 5.58 Å². The number of nitrogens with one attached hydrogen (secondary N) is 1. The Balaban J connectivity index is 1.62. The van der Waals surface area contributed by atoms with Gasteiger partial charge < -0.3 is 9.73 Å². The van der Waals surface area contributed by atoms with E-state index in [2.05, 4.69) is 32.2 Å². The summed E-state index contributed by atoms with van der Waals surface area (Å²) < 4.78 is 5.34. The molecule has 27 heavy (non-hydrogen) atoms. The van der Waals surface area contributed by atoms with Crippen LogP contribution in [0.1, 0.15) is 49.8 Å². The van der Waals surface area contributed by atoms with Crippen molar-refractivity contribution >= 4 is 28.6 Å². The van der Waals surface area contributed by atoms with E-state index in [1.165, 1.54) is 18.4 Å². The van der Waals surface area contributed by atoms with Crippen LogP contribution in [0.2, 0.25) is 0 Å². The minimum atomic E-state index is -0.337. The molecule has 0 spiro atoms. The van der Waals surface area contributed by atoms with Gasteiger partial charge >= 0.3 is 5.63 Å². The van der Waals surface area contributed by atoms with E-state index in [1.54, 1.807) is 17.8 Å². The lowest BCUT2D eigenvalue weighted by atomic mass is 9.78. The number of carbonyl (C=O) groups is 1. The second-order valence-corrected chi connectivity index (χ2v) is 8.94. The van der Waals surface area contributed by atoms with Gasteiger partial charge in [-0.05, 0) is 60.9 Å². The number of hydrogen-bond donors (Lipinski definition) is 1. The molecule has 2 aromatic rings. The maximum atomic E-state index is 12.4. The molecular formula is C22H29NO3S. The van der Waals surface area contributed by atoms with Gasteiger partial charge in [0.05, 0.1) is 5.75 Å². The van der Waals surface area contributed by atoms with Gasteiger partial charge in [0.15, 0.2) is 0 Å². The standard InChI is InChI=1S/C22H29NO3S/c1-13-6-5-7-19(16(13)4)23-21(24)12-27-11-17-10-22(25)26-20-9-15(3)14(2)8-18(17)20/h8-10,13,16,19H,5-7,11-12H2,1-4H3,(H,23,24)/t13-,16+,19-/m1/s1. The molecule has 146 valence electrons. The minimum Gasteiger partial charge on any atom is -0.423 e. The highest BCUT2D eigenvalue weighted by molar-refractivity contribution is 7.99. The van der Waals surface area contributed by atoms with Gasteiger partial charge in [0, 0.05) is 23.2 Å². The van der Waals surface area contributed by atoms with Crippen molar-refractivity contribution in [1.82, 2.24) is 5.32 Å². The predicted octanol–water partition coefficient (Wildman–Crippen LogP) is 4.58. The molecule has 0 unspecified atom stereocenters. The summed E-state index contributed by atoms with van der Waals surface area (Å²) in [4.78, 5) is 24.2. The van der Waals surface area contributed by atoms with Crippen molar-refractivity contribution in [2.24, 2.45) is 11.8 Å². The summed E-state index contributed by atoms with van der Waals surface area (Å²) in [5.74, 6) is 2.31. The van der Waals surface area contributed by atoms with Crippen molar-refractivity contribution in [3.05, 3.63) is 45.3 Å². The average molecular weight is 388 g/mol. The molecule has 1 aromatic carbocycles. The van der Waals surface area contributed by atoms with Gasteiger partial charge in [-0.2, -0.15) is 0 Å². The van der Waals surface area contributed by atoms with E-state index < -0.39 is 0 Å². The number of fused-ring (bicyclic) bond motifs is 1. The zero-order valence-electron chi connectivity index (χ0n) is 16.6. The quantitative estimate of drug-likeness (QED) is 0.763. The number of amides is 1. The van der Waals surface area contributed by atoms with E-state index in [9.17, 15) is 9.59 Å². The number of hydrogen-bond acceptors (Lipinski definition) is 4. The Morgan fingerprint density at radius 1 is 1.19 bits per heavy atom. The number of rotatable bonds is 5. The van der Waals surface area contributed by atoms with E-state index >= 15 is 0 Å². The first kappa shape index (κ1) is 20.0.